The molecule has 0 amide bonds. The second-order valence-corrected chi connectivity index (χ2v) is 7.62. The summed E-state index contributed by atoms with van der Waals surface area (Å²) in [5, 5.41) is 20.0. The molecule has 5 atom stereocenters. The van der Waals surface area contributed by atoms with Gasteiger partial charge < -0.3 is 24.1 Å². The molecule has 2 saturated heterocycles. The van der Waals surface area contributed by atoms with E-state index in [2.05, 4.69) is 0 Å². The number of fused-ring (bicyclic) bond motifs is 1. The van der Waals surface area contributed by atoms with Gasteiger partial charge in [-0.05, 0) is 25.8 Å². The Bertz CT molecular complexity index is 678. The van der Waals surface area contributed by atoms with Crippen molar-refractivity contribution in [2.24, 2.45) is 5.92 Å². The van der Waals surface area contributed by atoms with Gasteiger partial charge in [0.1, 0.15) is 12.2 Å². The van der Waals surface area contributed by atoms with E-state index >= 15 is 0 Å². The molecule has 0 bridgehead atoms. The first-order chi connectivity index (χ1) is 13.2. The molecule has 2 aliphatic heterocycles. The molecule has 1 N–H and O–H groups in total. The lowest BCUT2D eigenvalue weighted by Crippen LogP contribution is -2.38. The lowest BCUT2D eigenvalue weighted by Gasteiger charge is -2.27. The molecule has 9 heteroatoms. The van der Waals surface area contributed by atoms with Crippen LogP contribution in [-0.2, 0) is 30.3 Å². The average molecular weight is 395 g/mol. The van der Waals surface area contributed by atoms with Crippen LogP contribution in [-0.4, -0.2) is 52.9 Å². The molecule has 0 aliphatic carbocycles. The molecule has 2 fully saturated rings. The van der Waals surface area contributed by atoms with E-state index in [0.29, 0.717) is 6.61 Å². The Labute approximate surface area is 162 Å². The first-order valence-electron chi connectivity index (χ1n) is 9.24. The van der Waals surface area contributed by atoms with Gasteiger partial charge in [-0.1, -0.05) is 30.3 Å². The molecule has 1 aromatic rings. The average Bonchev–Trinajstić information content (AvgIpc) is 3.04. The van der Waals surface area contributed by atoms with Gasteiger partial charge in [-0.3, -0.25) is 14.9 Å². The van der Waals surface area contributed by atoms with Crippen LogP contribution in [0.1, 0.15) is 32.3 Å². The Morgan fingerprint density at radius 1 is 1.32 bits per heavy atom. The predicted molar refractivity (Wildman–Crippen MR) is 95.9 cm³/mol. The highest BCUT2D eigenvalue weighted by molar-refractivity contribution is 5.67. The first kappa shape index (κ1) is 20.7. The highest BCUT2D eigenvalue weighted by atomic mass is 16.8. The fraction of sp³-hybridized carbons (Fsp3) is 0.632. The van der Waals surface area contributed by atoms with Gasteiger partial charge in [0.25, 0.3) is 0 Å². The molecule has 2 unspecified atom stereocenters. The third kappa shape index (κ3) is 5.26. The maximum absolute atomic E-state index is 11.1. The lowest BCUT2D eigenvalue weighted by molar-refractivity contribution is -0.488. The summed E-state index contributed by atoms with van der Waals surface area (Å²) in [6.07, 6.45) is -2.34. The number of benzene rings is 1. The summed E-state index contributed by atoms with van der Waals surface area (Å²) < 4.78 is 23.7. The van der Waals surface area contributed by atoms with Gasteiger partial charge in [0.15, 0.2) is 12.1 Å². The summed E-state index contributed by atoms with van der Waals surface area (Å²) in [5.74, 6) is -2.58. The van der Waals surface area contributed by atoms with Crippen LogP contribution in [0, 0.1) is 16.0 Å². The smallest absolute Gasteiger partial charge is 0.303 e. The molecule has 0 aromatic heterocycles. The van der Waals surface area contributed by atoms with Crippen molar-refractivity contribution in [3.8, 4) is 0 Å². The maximum atomic E-state index is 11.1. The van der Waals surface area contributed by atoms with Gasteiger partial charge in [0, 0.05) is 10.8 Å². The number of carboxylic acids is 1. The van der Waals surface area contributed by atoms with Crippen molar-refractivity contribution in [2.75, 3.05) is 6.54 Å². The van der Waals surface area contributed by atoms with Crippen LogP contribution < -0.4 is 0 Å². The normalized spacial score (nSPS) is 29.4. The fourth-order valence-electron chi connectivity index (χ4n) is 3.71. The Balaban J connectivity index is 1.72. The lowest BCUT2D eigenvalue weighted by atomic mass is 9.94. The summed E-state index contributed by atoms with van der Waals surface area (Å²) in [5.41, 5.74) is 0.968. The number of rotatable bonds is 9. The molecule has 28 heavy (non-hydrogen) atoms. The van der Waals surface area contributed by atoms with E-state index in [1.807, 2.05) is 30.3 Å². The van der Waals surface area contributed by atoms with E-state index in [9.17, 15) is 14.9 Å². The molecule has 0 radical (unpaired) electrons. The molecular weight excluding hydrogens is 370 g/mol. The van der Waals surface area contributed by atoms with Gasteiger partial charge >= 0.3 is 5.97 Å². The van der Waals surface area contributed by atoms with Crippen molar-refractivity contribution >= 4 is 5.97 Å². The standard InChI is InChI=1S/C19H25NO8/c1-19(2)27-17-16(25-11-12-6-4-3-5-7-12)14(26-18(17)28-19)8-13(9-15(21)22)10-20(23)24/h3-7,13-14,16-18H,8-11H2,1-2H3,(H,21,22)/t13?,14-,16+,17?,18+/m0/s1. The van der Waals surface area contributed by atoms with Crippen molar-refractivity contribution in [3.63, 3.8) is 0 Å². The van der Waals surface area contributed by atoms with Crippen LogP contribution in [0.25, 0.3) is 0 Å². The minimum Gasteiger partial charge on any atom is -0.481 e. The van der Waals surface area contributed by atoms with E-state index in [1.165, 1.54) is 0 Å². The predicted octanol–water partition coefficient (Wildman–Crippen LogP) is 2.21. The van der Waals surface area contributed by atoms with E-state index in [-0.39, 0.29) is 12.8 Å². The Morgan fingerprint density at radius 3 is 2.68 bits per heavy atom. The van der Waals surface area contributed by atoms with Crippen LogP contribution in [0.2, 0.25) is 0 Å². The first-order valence-corrected chi connectivity index (χ1v) is 9.24. The molecule has 9 nitrogen and oxygen atoms in total. The Hall–Kier alpha value is -2.07. The van der Waals surface area contributed by atoms with Crippen LogP contribution in [0.4, 0.5) is 0 Å². The molecular formula is C19H25NO8. The van der Waals surface area contributed by atoms with E-state index in [4.69, 9.17) is 24.1 Å². The summed E-state index contributed by atoms with van der Waals surface area (Å²) >= 11 is 0. The summed E-state index contributed by atoms with van der Waals surface area (Å²) in [6, 6.07) is 9.58. The SMILES string of the molecule is CC1(C)OC2[C@H](O[C@@H](CC(CC(=O)O)C[N+](=O)[O-])[C@H]2OCc2ccccc2)O1. The zero-order chi connectivity index (χ0) is 20.3. The third-order valence-corrected chi connectivity index (χ3v) is 4.81. The molecule has 0 spiro atoms. The monoisotopic (exact) mass is 395 g/mol. The number of nitrogens with zero attached hydrogens (tertiary/aromatic N) is 1. The van der Waals surface area contributed by atoms with Gasteiger partial charge in [-0.25, -0.2) is 0 Å². The molecule has 1 aromatic carbocycles. The van der Waals surface area contributed by atoms with E-state index in [1.54, 1.807) is 13.8 Å². The minimum absolute atomic E-state index is 0.173. The summed E-state index contributed by atoms with van der Waals surface area (Å²) in [6.45, 7) is 3.42. The van der Waals surface area contributed by atoms with Crippen molar-refractivity contribution in [1.29, 1.82) is 0 Å². The van der Waals surface area contributed by atoms with Gasteiger partial charge in [0.2, 0.25) is 6.54 Å². The van der Waals surface area contributed by atoms with Crippen LogP contribution in [0.5, 0.6) is 0 Å². The zero-order valence-corrected chi connectivity index (χ0v) is 15.9. The quantitative estimate of drug-likeness (QED) is 0.499. The minimum atomic E-state index is -1.08. The molecule has 154 valence electrons. The molecule has 2 heterocycles. The number of nitro groups is 1. The van der Waals surface area contributed by atoms with Crippen LogP contribution in [0.15, 0.2) is 30.3 Å². The molecule has 2 aliphatic rings. The second kappa shape index (κ2) is 8.52. The van der Waals surface area contributed by atoms with Gasteiger partial charge in [-0.2, -0.15) is 0 Å². The van der Waals surface area contributed by atoms with Crippen molar-refractivity contribution in [2.45, 2.75) is 63.7 Å². The number of hydrogen-bond acceptors (Lipinski definition) is 7. The van der Waals surface area contributed by atoms with Crippen molar-refractivity contribution < 1.29 is 33.8 Å². The third-order valence-electron chi connectivity index (χ3n) is 4.81. The fourth-order valence-corrected chi connectivity index (χ4v) is 3.71. The van der Waals surface area contributed by atoms with E-state index in [0.717, 1.165) is 5.56 Å². The van der Waals surface area contributed by atoms with Crippen LogP contribution >= 0.6 is 0 Å². The second-order valence-electron chi connectivity index (χ2n) is 7.62. The number of carbonyl (C=O) groups is 1. The molecule has 3 rings (SSSR count). The van der Waals surface area contributed by atoms with Gasteiger partial charge in [0.05, 0.1) is 19.1 Å². The van der Waals surface area contributed by atoms with Crippen molar-refractivity contribution in [3.05, 3.63) is 46.0 Å². The number of aliphatic carboxylic acids is 1. The summed E-state index contributed by atoms with van der Waals surface area (Å²) in [4.78, 5) is 21.5. The maximum Gasteiger partial charge on any atom is 0.303 e. The zero-order valence-electron chi connectivity index (χ0n) is 15.9. The van der Waals surface area contributed by atoms with Gasteiger partial charge in [-0.15, -0.1) is 0 Å². The number of hydrogen-bond donors (Lipinski definition) is 1. The van der Waals surface area contributed by atoms with Crippen LogP contribution in [0.3, 0.4) is 0 Å². The molecule has 0 saturated carbocycles. The highest BCUT2D eigenvalue weighted by Crippen LogP contribution is 2.41. The topological polar surface area (TPSA) is 117 Å². The van der Waals surface area contributed by atoms with E-state index < -0.39 is 53.7 Å². The Kier molecular flexibility index (Phi) is 6.29. The largest absolute Gasteiger partial charge is 0.481 e. The number of ether oxygens (including phenoxy) is 4. The highest BCUT2D eigenvalue weighted by Gasteiger charge is 2.55. The summed E-state index contributed by atoms with van der Waals surface area (Å²) in [7, 11) is 0. The van der Waals surface area contributed by atoms with Crippen molar-refractivity contribution in [1.82, 2.24) is 0 Å². The number of carboxylic acid groups (broad SMARTS) is 1. The Morgan fingerprint density at radius 2 is 2.04 bits per heavy atom.